The van der Waals surface area contributed by atoms with Gasteiger partial charge >= 0.3 is 0 Å². The van der Waals surface area contributed by atoms with Crippen LogP contribution in [0.15, 0.2) is 24.3 Å². The van der Waals surface area contributed by atoms with Gasteiger partial charge in [0.15, 0.2) is 0 Å². The van der Waals surface area contributed by atoms with E-state index in [2.05, 4.69) is 36.5 Å². The van der Waals surface area contributed by atoms with Crippen LogP contribution >= 0.6 is 0 Å². The number of hydrogen-bond donors (Lipinski definition) is 2. The molecule has 2 heteroatoms. The summed E-state index contributed by atoms with van der Waals surface area (Å²) in [5, 5.41) is 3.39. The Morgan fingerprint density at radius 1 is 1.31 bits per heavy atom. The Bertz CT molecular complexity index is 246. The Balaban J connectivity index is 2.54. The maximum absolute atomic E-state index is 5.42. The predicted molar refractivity (Wildman–Crippen MR) is 58.0 cm³/mol. The quantitative estimate of drug-likeness (QED) is 0.677. The van der Waals surface area contributed by atoms with Crippen molar-refractivity contribution in [3.63, 3.8) is 0 Å². The number of aryl methyl sites for hydroxylation is 1. The first-order chi connectivity index (χ1) is 6.38. The maximum atomic E-state index is 5.42. The number of benzene rings is 1. The molecule has 1 aromatic carbocycles. The second kappa shape index (κ2) is 5.60. The average Bonchev–Trinajstić information content (AvgIpc) is 2.19. The van der Waals surface area contributed by atoms with Crippen molar-refractivity contribution in [2.45, 2.75) is 19.8 Å². The molecule has 2 nitrogen and oxygen atoms in total. The van der Waals surface area contributed by atoms with E-state index in [4.69, 9.17) is 5.73 Å². The van der Waals surface area contributed by atoms with Crippen LogP contribution in [-0.4, -0.2) is 13.1 Å². The fourth-order valence-corrected chi connectivity index (χ4v) is 1.33. The number of anilines is 1. The summed E-state index contributed by atoms with van der Waals surface area (Å²) >= 11 is 0. The summed E-state index contributed by atoms with van der Waals surface area (Å²) in [6.45, 7) is 3.89. The average molecular weight is 178 g/mol. The molecule has 0 fully saturated rings. The molecule has 0 radical (unpaired) electrons. The molecule has 0 saturated carbocycles. The maximum Gasteiger partial charge on any atom is 0.0372 e. The summed E-state index contributed by atoms with van der Waals surface area (Å²) in [4.78, 5) is 0. The van der Waals surface area contributed by atoms with Gasteiger partial charge in [-0.2, -0.15) is 0 Å². The monoisotopic (exact) mass is 178 g/mol. The number of hydrogen-bond acceptors (Lipinski definition) is 2. The van der Waals surface area contributed by atoms with Gasteiger partial charge in [-0.1, -0.05) is 25.1 Å². The van der Waals surface area contributed by atoms with E-state index in [9.17, 15) is 0 Å². The van der Waals surface area contributed by atoms with Crippen molar-refractivity contribution in [2.24, 2.45) is 5.73 Å². The molecule has 3 N–H and O–H groups in total. The van der Waals surface area contributed by atoms with Crippen molar-refractivity contribution in [3.05, 3.63) is 29.8 Å². The Hall–Kier alpha value is -1.02. The molecular formula is C11H18N2. The first-order valence-electron chi connectivity index (χ1n) is 4.90. The van der Waals surface area contributed by atoms with Crippen LogP contribution in [0.4, 0.5) is 5.69 Å². The minimum Gasteiger partial charge on any atom is -0.385 e. The molecule has 0 spiro atoms. The lowest BCUT2D eigenvalue weighted by Gasteiger charge is -2.09. The zero-order valence-electron chi connectivity index (χ0n) is 8.22. The molecule has 1 aromatic rings. The molecule has 0 atom stereocenters. The Morgan fingerprint density at radius 2 is 2.08 bits per heavy atom. The van der Waals surface area contributed by atoms with E-state index in [1.165, 1.54) is 11.3 Å². The Kier molecular flexibility index (Phi) is 4.33. The molecule has 1 rings (SSSR count). The molecule has 0 aliphatic heterocycles. The minimum atomic E-state index is 0.751. The van der Waals surface area contributed by atoms with Gasteiger partial charge < -0.3 is 11.1 Å². The highest BCUT2D eigenvalue weighted by molar-refractivity contribution is 5.50. The molecule has 0 unspecified atom stereocenters. The van der Waals surface area contributed by atoms with Crippen LogP contribution < -0.4 is 11.1 Å². The zero-order valence-corrected chi connectivity index (χ0v) is 8.22. The first-order valence-corrected chi connectivity index (χ1v) is 4.90. The third-order valence-corrected chi connectivity index (χ3v) is 2.09. The van der Waals surface area contributed by atoms with Gasteiger partial charge in [0.2, 0.25) is 0 Å². The summed E-state index contributed by atoms with van der Waals surface area (Å²) in [5.41, 5.74) is 8.05. The van der Waals surface area contributed by atoms with Gasteiger partial charge in [0, 0.05) is 12.2 Å². The largest absolute Gasteiger partial charge is 0.385 e. The van der Waals surface area contributed by atoms with E-state index in [0.717, 1.165) is 25.9 Å². The smallest absolute Gasteiger partial charge is 0.0372 e. The Morgan fingerprint density at radius 3 is 2.77 bits per heavy atom. The van der Waals surface area contributed by atoms with Crippen LogP contribution in [0.3, 0.4) is 0 Å². The molecule has 13 heavy (non-hydrogen) atoms. The van der Waals surface area contributed by atoms with Gasteiger partial charge in [-0.25, -0.2) is 0 Å². The SMILES string of the molecule is CCc1ccccc1NCCCN. The molecule has 0 aliphatic rings. The highest BCUT2D eigenvalue weighted by Gasteiger charge is 1.96. The van der Waals surface area contributed by atoms with E-state index in [0.29, 0.717) is 0 Å². The highest BCUT2D eigenvalue weighted by atomic mass is 14.9. The van der Waals surface area contributed by atoms with Gasteiger partial charge in [0.25, 0.3) is 0 Å². The molecule has 0 bridgehead atoms. The molecule has 0 amide bonds. The van der Waals surface area contributed by atoms with Crippen molar-refractivity contribution in [2.75, 3.05) is 18.4 Å². The lowest BCUT2D eigenvalue weighted by molar-refractivity contribution is 0.872. The van der Waals surface area contributed by atoms with E-state index in [-0.39, 0.29) is 0 Å². The lowest BCUT2D eigenvalue weighted by Crippen LogP contribution is -2.09. The van der Waals surface area contributed by atoms with Crippen LogP contribution in [0, 0.1) is 0 Å². The number of rotatable bonds is 5. The third-order valence-electron chi connectivity index (χ3n) is 2.09. The van der Waals surface area contributed by atoms with Crippen LogP contribution in [-0.2, 0) is 6.42 Å². The van der Waals surface area contributed by atoms with E-state index in [1.54, 1.807) is 0 Å². The second-order valence-corrected chi connectivity index (χ2v) is 3.08. The summed E-state index contributed by atoms with van der Waals surface area (Å²) in [5.74, 6) is 0. The van der Waals surface area contributed by atoms with Crippen molar-refractivity contribution < 1.29 is 0 Å². The highest BCUT2D eigenvalue weighted by Crippen LogP contribution is 2.14. The second-order valence-electron chi connectivity index (χ2n) is 3.08. The predicted octanol–water partition coefficient (Wildman–Crippen LogP) is 2.01. The van der Waals surface area contributed by atoms with Gasteiger partial charge in [-0.3, -0.25) is 0 Å². The van der Waals surface area contributed by atoms with Gasteiger partial charge in [0.05, 0.1) is 0 Å². The van der Waals surface area contributed by atoms with Crippen molar-refractivity contribution in [1.29, 1.82) is 0 Å². The minimum absolute atomic E-state index is 0.751. The van der Waals surface area contributed by atoms with Crippen molar-refractivity contribution in [1.82, 2.24) is 0 Å². The molecular weight excluding hydrogens is 160 g/mol. The molecule has 72 valence electrons. The van der Waals surface area contributed by atoms with Crippen LogP contribution in [0.1, 0.15) is 18.9 Å². The van der Waals surface area contributed by atoms with Gasteiger partial charge in [0.1, 0.15) is 0 Å². The van der Waals surface area contributed by atoms with Crippen LogP contribution in [0.5, 0.6) is 0 Å². The normalized spacial score (nSPS) is 10.0. The standard InChI is InChI=1S/C11H18N2/c1-2-10-6-3-4-7-11(10)13-9-5-8-12/h3-4,6-7,13H,2,5,8-9,12H2,1H3. The fraction of sp³-hybridized carbons (Fsp3) is 0.455. The van der Waals surface area contributed by atoms with E-state index >= 15 is 0 Å². The number of nitrogens with one attached hydrogen (secondary N) is 1. The molecule has 0 heterocycles. The number of para-hydroxylation sites is 1. The van der Waals surface area contributed by atoms with Gasteiger partial charge in [-0.05, 0) is 31.0 Å². The van der Waals surface area contributed by atoms with Crippen molar-refractivity contribution in [3.8, 4) is 0 Å². The first kappa shape index (κ1) is 10.1. The van der Waals surface area contributed by atoms with Crippen molar-refractivity contribution >= 4 is 5.69 Å². The summed E-state index contributed by atoms with van der Waals surface area (Å²) in [7, 11) is 0. The van der Waals surface area contributed by atoms with Gasteiger partial charge in [-0.15, -0.1) is 0 Å². The van der Waals surface area contributed by atoms with Crippen LogP contribution in [0.2, 0.25) is 0 Å². The topological polar surface area (TPSA) is 38.0 Å². The number of nitrogens with two attached hydrogens (primary N) is 1. The molecule has 0 aromatic heterocycles. The fourth-order valence-electron chi connectivity index (χ4n) is 1.33. The van der Waals surface area contributed by atoms with E-state index in [1.807, 2.05) is 0 Å². The zero-order chi connectivity index (χ0) is 9.52. The summed E-state index contributed by atoms with van der Waals surface area (Å²) < 4.78 is 0. The molecule has 0 aliphatic carbocycles. The summed E-state index contributed by atoms with van der Waals surface area (Å²) in [6, 6.07) is 8.41. The lowest BCUT2D eigenvalue weighted by atomic mass is 10.1. The third kappa shape index (κ3) is 3.07. The summed E-state index contributed by atoms with van der Waals surface area (Å²) in [6.07, 6.45) is 2.10. The van der Waals surface area contributed by atoms with Crippen LogP contribution in [0.25, 0.3) is 0 Å². The Labute approximate surface area is 80.1 Å². The van der Waals surface area contributed by atoms with E-state index < -0.39 is 0 Å². The molecule has 0 saturated heterocycles.